The molecule has 2 aromatic rings. The molecule has 3 rings (SSSR count). The standard InChI is InChI=1S/C32H48NO6S.Tl/c1-6-9-17-32(18-10-7-2)24-40(35,36)29-16-13-26(33(4)5)23-28(29)30(31(32)34)25-11-14-27(15-12-25)39-22-21-38-20-19-37-8-3;/h11-16,23,30-31,34H,3,6-10,17-22,24H2,1-2,4-5H3;/t30-,31-;/m1./s1. The zero-order valence-electron chi connectivity index (χ0n) is 25.3. The van der Waals surface area contributed by atoms with Crippen LogP contribution in [0.2, 0.25) is 3.98 Å². The number of rotatable bonds is 17. The maximum absolute atomic E-state index is 14.0. The minimum atomic E-state index is -3.62. The topological polar surface area (TPSA) is 85.3 Å². The van der Waals surface area contributed by atoms with E-state index in [1.54, 1.807) is 6.07 Å². The Morgan fingerprint density at radius 3 is 2.12 bits per heavy atom. The Bertz CT molecular complexity index is 1160. The third-order valence-corrected chi connectivity index (χ3v) is 10.9. The van der Waals surface area contributed by atoms with Crippen molar-refractivity contribution in [2.24, 2.45) is 5.41 Å². The Morgan fingerprint density at radius 1 is 0.927 bits per heavy atom. The molecule has 0 radical (unpaired) electrons. The molecule has 41 heavy (non-hydrogen) atoms. The van der Waals surface area contributed by atoms with E-state index in [2.05, 4.69) is 13.8 Å². The fourth-order valence-corrected chi connectivity index (χ4v) is 8.63. The van der Waals surface area contributed by atoms with Crippen LogP contribution in [0.3, 0.4) is 0 Å². The van der Waals surface area contributed by atoms with Crippen LogP contribution in [-0.2, 0) is 19.3 Å². The minimum absolute atomic E-state index is 0.0290. The SMILES string of the molecule is CCCCC1(CCCC)CS(=O)(=O)c2ccc(N(C)C)cc2[C@@H](c2ccc(OCCOCCOC[CH2][Tl])cc2)[C@H]1O. The number of unbranched alkanes of at least 4 members (excludes halogenated alkanes) is 2. The van der Waals surface area contributed by atoms with Crippen LogP contribution in [-0.4, -0.2) is 98.3 Å². The summed E-state index contributed by atoms with van der Waals surface area (Å²) in [5.74, 6) is 0.213. The molecule has 1 N–H and O–H groups in total. The summed E-state index contributed by atoms with van der Waals surface area (Å²) in [6.07, 6.45) is 4.18. The van der Waals surface area contributed by atoms with Crippen molar-refractivity contribution in [3.05, 3.63) is 53.6 Å². The van der Waals surface area contributed by atoms with Crippen LogP contribution in [0.15, 0.2) is 47.4 Å². The van der Waals surface area contributed by atoms with E-state index in [1.807, 2.05) is 55.4 Å². The van der Waals surface area contributed by atoms with Gasteiger partial charge >= 0.3 is 107 Å². The fourth-order valence-electron chi connectivity index (χ4n) is 5.79. The Hall–Kier alpha value is -1.21. The summed E-state index contributed by atoms with van der Waals surface area (Å²) >= 11 is 0.967. The second kappa shape index (κ2) is 16.6. The number of ether oxygens (including phenoxy) is 3. The van der Waals surface area contributed by atoms with Gasteiger partial charge in [-0.2, -0.15) is 0 Å². The fraction of sp³-hybridized carbons (Fsp3) is 0.625. The van der Waals surface area contributed by atoms with Gasteiger partial charge in [0.1, 0.15) is 0 Å². The van der Waals surface area contributed by atoms with Crippen molar-refractivity contribution >= 4 is 41.3 Å². The monoisotopic (exact) mass is 779 g/mol. The number of sulfone groups is 1. The van der Waals surface area contributed by atoms with Gasteiger partial charge < -0.3 is 10.0 Å². The molecule has 2 atom stereocenters. The molecule has 0 saturated carbocycles. The number of aliphatic hydroxyl groups is 1. The van der Waals surface area contributed by atoms with E-state index >= 15 is 0 Å². The zero-order chi connectivity index (χ0) is 29.9. The summed E-state index contributed by atoms with van der Waals surface area (Å²) in [5, 5.41) is 12.3. The van der Waals surface area contributed by atoms with Crippen molar-refractivity contribution in [1.82, 2.24) is 0 Å². The van der Waals surface area contributed by atoms with Gasteiger partial charge in [0.15, 0.2) is 9.84 Å². The van der Waals surface area contributed by atoms with Crippen LogP contribution in [0.5, 0.6) is 5.75 Å². The molecule has 1 aliphatic heterocycles. The van der Waals surface area contributed by atoms with Gasteiger partial charge in [0, 0.05) is 31.1 Å². The molecule has 1 aliphatic rings. The van der Waals surface area contributed by atoms with E-state index in [1.165, 1.54) is 0 Å². The van der Waals surface area contributed by atoms with Crippen LogP contribution >= 0.6 is 0 Å². The average Bonchev–Trinajstić information content (AvgIpc) is 3.03. The van der Waals surface area contributed by atoms with Gasteiger partial charge in [0.05, 0.1) is 16.8 Å². The summed E-state index contributed by atoms with van der Waals surface area (Å²) in [6, 6.07) is 13.3. The summed E-state index contributed by atoms with van der Waals surface area (Å²) < 4.78 is 46.1. The van der Waals surface area contributed by atoms with Gasteiger partial charge in [0.25, 0.3) is 0 Å². The predicted molar refractivity (Wildman–Crippen MR) is 166 cm³/mol. The molecule has 2 aromatic carbocycles. The number of benzene rings is 2. The van der Waals surface area contributed by atoms with Crippen LogP contribution in [0.1, 0.15) is 69.4 Å². The van der Waals surface area contributed by atoms with Gasteiger partial charge in [-0.1, -0.05) is 39.5 Å². The smallest absolute Gasteiger partial charge is 0.392 e. The zero-order valence-corrected chi connectivity index (χ0v) is 30.6. The van der Waals surface area contributed by atoms with Gasteiger partial charge in [-0.25, -0.2) is 8.42 Å². The number of anilines is 1. The third kappa shape index (κ3) is 9.14. The number of fused-ring (bicyclic) bond motifs is 1. The van der Waals surface area contributed by atoms with E-state index in [-0.39, 0.29) is 5.75 Å². The Kier molecular flexibility index (Phi) is 13.9. The van der Waals surface area contributed by atoms with Gasteiger partial charge in [0.2, 0.25) is 0 Å². The van der Waals surface area contributed by atoms with Gasteiger partial charge in [-0.05, 0) is 42.2 Å². The molecule has 1 heterocycles. The average molecular weight is 779 g/mol. The van der Waals surface area contributed by atoms with E-state index in [9.17, 15) is 13.5 Å². The summed E-state index contributed by atoms with van der Waals surface area (Å²) in [5.41, 5.74) is 1.76. The van der Waals surface area contributed by atoms with Crippen molar-refractivity contribution in [1.29, 1.82) is 0 Å². The van der Waals surface area contributed by atoms with Crippen molar-refractivity contribution in [3.63, 3.8) is 0 Å². The molecule has 0 unspecified atom stereocenters. The Morgan fingerprint density at radius 2 is 1.54 bits per heavy atom. The normalized spacial score (nSPS) is 19.3. The van der Waals surface area contributed by atoms with Crippen molar-refractivity contribution in [2.45, 2.75) is 73.3 Å². The molecule has 7 nitrogen and oxygen atoms in total. The second-order valence-corrected chi connectivity index (χ2v) is 15.5. The first kappa shape index (κ1) is 34.3. The molecule has 0 spiro atoms. The molecular formula is C32H48NO6STl. The molecule has 0 fully saturated rings. The summed E-state index contributed by atoms with van der Waals surface area (Å²) in [7, 11) is 0.270. The first-order valence-corrected chi connectivity index (χ1v) is 19.8. The second-order valence-electron chi connectivity index (χ2n) is 11.3. The number of aliphatic hydroxyl groups excluding tert-OH is 1. The first-order chi connectivity index (χ1) is 19.7. The number of nitrogens with zero attached hydrogens (tertiary/aromatic N) is 1. The number of hydrogen-bond donors (Lipinski definition) is 1. The maximum atomic E-state index is 14.0. The van der Waals surface area contributed by atoms with E-state index in [4.69, 9.17) is 14.2 Å². The van der Waals surface area contributed by atoms with Crippen molar-refractivity contribution in [2.75, 3.05) is 57.8 Å². The molecule has 0 bridgehead atoms. The number of hydrogen-bond acceptors (Lipinski definition) is 7. The van der Waals surface area contributed by atoms with Crippen molar-refractivity contribution < 1.29 is 27.7 Å². The van der Waals surface area contributed by atoms with Crippen LogP contribution < -0.4 is 9.64 Å². The van der Waals surface area contributed by atoms with Crippen LogP contribution in [0.4, 0.5) is 5.69 Å². The minimum Gasteiger partial charge on any atom is -0.392 e. The van der Waals surface area contributed by atoms with E-state index in [0.717, 1.165) is 73.3 Å². The third-order valence-electron chi connectivity index (χ3n) is 8.03. The Balaban J connectivity index is 1.94. The quantitative estimate of drug-likeness (QED) is 0.170. The first-order valence-electron chi connectivity index (χ1n) is 15.0. The molecule has 0 aliphatic carbocycles. The van der Waals surface area contributed by atoms with Crippen molar-refractivity contribution in [3.8, 4) is 5.75 Å². The van der Waals surface area contributed by atoms with Gasteiger partial charge in [-0.15, -0.1) is 0 Å². The van der Waals surface area contributed by atoms with Crippen LogP contribution in [0, 0.1) is 5.41 Å². The summed E-state index contributed by atoms with van der Waals surface area (Å²) in [4.78, 5) is 2.31. The molecule has 226 valence electrons. The van der Waals surface area contributed by atoms with E-state index < -0.39 is 27.3 Å². The molecule has 0 aromatic heterocycles. The van der Waals surface area contributed by atoms with Gasteiger partial charge in [-0.3, -0.25) is 0 Å². The summed E-state index contributed by atoms with van der Waals surface area (Å²) in [6.45, 7) is 7.12. The van der Waals surface area contributed by atoms with Crippen LogP contribution in [0.25, 0.3) is 0 Å². The molecule has 9 heteroatoms. The Labute approximate surface area is 263 Å². The molecule has 0 saturated heterocycles. The molecule has 0 amide bonds. The van der Waals surface area contributed by atoms with E-state index in [0.29, 0.717) is 55.5 Å². The molecular weight excluding hydrogens is 731 g/mol. The predicted octanol–water partition coefficient (Wildman–Crippen LogP) is 5.40.